The van der Waals surface area contributed by atoms with E-state index in [0.29, 0.717) is 17.4 Å². The van der Waals surface area contributed by atoms with Crippen LogP contribution < -0.4 is 0 Å². The summed E-state index contributed by atoms with van der Waals surface area (Å²) in [5.41, 5.74) is -0.916. The SMILES string of the molecule is CC(C)C1CCC(c2cc(F)c(/C=C/c3cc(F)c(C#CC(F)(F)F)c(F)c3)c(F)c2)CC1. The Kier molecular flexibility index (Phi) is 7.56. The molecule has 1 saturated carbocycles. The van der Waals surface area contributed by atoms with Gasteiger partial charge in [0.05, 0.1) is 5.56 Å². The smallest absolute Gasteiger partial charge is 0.206 e. The zero-order valence-corrected chi connectivity index (χ0v) is 18.2. The number of benzene rings is 2. The van der Waals surface area contributed by atoms with Crippen LogP contribution in [0.4, 0.5) is 30.7 Å². The second-order valence-electron chi connectivity index (χ2n) is 8.69. The third-order valence-corrected chi connectivity index (χ3v) is 6.12. The van der Waals surface area contributed by atoms with Gasteiger partial charge in [-0.2, -0.15) is 13.2 Å². The third kappa shape index (κ3) is 6.40. The molecule has 0 N–H and O–H groups in total. The van der Waals surface area contributed by atoms with Crippen LogP contribution in [0.25, 0.3) is 12.2 Å². The molecule has 7 heteroatoms. The van der Waals surface area contributed by atoms with E-state index in [1.807, 2.05) is 0 Å². The van der Waals surface area contributed by atoms with Crippen molar-refractivity contribution in [2.24, 2.45) is 11.8 Å². The maximum Gasteiger partial charge on any atom is 0.458 e. The van der Waals surface area contributed by atoms with E-state index in [2.05, 4.69) is 13.8 Å². The Morgan fingerprint density at radius 3 is 1.85 bits per heavy atom. The van der Waals surface area contributed by atoms with Gasteiger partial charge in [-0.3, -0.25) is 0 Å². The Balaban J connectivity index is 1.80. The minimum atomic E-state index is -4.90. The zero-order valence-electron chi connectivity index (χ0n) is 18.2. The van der Waals surface area contributed by atoms with E-state index >= 15 is 0 Å². The highest BCUT2D eigenvalue weighted by atomic mass is 19.4. The van der Waals surface area contributed by atoms with E-state index in [-0.39, 0.29) is 17.0 Å². The van der Waals surface area contributed by atoms with Crippen LogP contribution in [0.3, 0.4) is 0 Å². The van der Waals surface area contributed by atoms with E-state index < -0.39 is 35.0 Å². The molecular weight excluding hydrogens is 445 g/mol. The largest absolute Gasteiger partial charge is 0.458 e. The van der Waals surface area contributed by atoms with E-state index in [9.17, 15) is 30.7 Å². The van der Waals surface area contributed by atoms with Crippen LogP contribution in [-0.2, 0) is 0 Å². The maximum absolute atomic E-state index is 14.6. The van der Waals surface area contributed by atoms with Crippen molar-refractivity contribution < 1.29 is 30.7 Å². The molecule has 0 radical (unpaired) electrons. The highest BCUT2D eigenvalue weighted by Crippen LogP contribution is 2.39. The Labute approximate surface area is 188 Å². The molecule has 0 saturated heterocycles. The minimum Gasteiger partial charge on any atom is -0.206 e. The zero-order chi connectivity index (χ0) is 24.3. The molecule has 0 amide bonds. The molecule has 2 aromatic carbocycles. The maximum atomic E-state index is 14.6. The third-order valence-electron chi connectivity index (χ3n) is 6.12. The molecule has 0 spiro atoms. The first-order valence-corrected chi connectivity index (χ1v) is 10.7. The summed E-state index contributed by atoms with van der Waals surface area (Å²) in [6, 6.07) is 4.08. The molecule has 0 nitrogen and oxygen atoms in total. The highest BCUT2D eigenvalue weighted by Gasteiger charge is 2.26. The van der Waals surface area contributed by atoms with Crippen molar-refractivity contribution >= 4 is 12.2 Å². The summed E-state index contributed by atoms with van der Waals surface area (Å²) in [5, 5.41) is 0. The average Bonchev–Trinajstić information content (AvgIpc) is 2.71. The summed E-state index contributed by atoms with van der Waals surface area (Å²) in [7, 11) is 0. The average molecular weight is 468 g/mol. The van der Waals surface area contributed by atoms with Crippen molar-refractivity contribution in [3.05, 3.63) is 69.8 Å². The first-order chi connectivity index (χ1) is 15.4. The van der Waals surface area contributed by atoms with Gasteiger partial charge in [0.15, 0.2) is 0 Å². The lowest BCUT2D eigenvalue weighted by molar-refractivity contribution is -0.0696. The van der Waals surface area contributed by atoms with E-state index in [0.717, 1.165) is 55.9 Å². The molecule has 1 aliphatic carbocycles. The van der Waals surface area contributed by atoms with E-state index in [1.54, 1.807) is 0 Å². The van der Waals surface area contributed by atoms with Crippen LogP contribution >= 0.6 is 0 Å². The summed E-state index contributed by atoms with van der Waals surface area (Å²) in [5.74, 6) is -0.700. The lowest BCUT2D eigenvalue weighted by atomic mass is 9.74. The summed E-state index contributed by atoms with van der Waals surface area (Å²) in [4.78, 5) is 0. The van der Waals surface area contributed by atoms with Gasteiger partial charge in [0.1, 0.15) is 23.3 Å². The molecule has 0 aliphatic heterocycles. The van der Waals surface area contributed by atoms with Crippen molar-refractivity contribution in [2.45, 2.75) is 51.6 Å². The number of hydrogen-bond donors (Lipinski definition) is 0. The molecule has 176 valence electrons. The topological polar surface area (TPSA) is 0 Å². The van der Waals surface area contributed by atoms with Gasteiger partial charge in [0, 0.05) is 11.5 Å². The van der Waals surface area contributed by atoms with Crippen molar-refractivity contribution in [1.82, 2.24) is 0 Å². The number of halogens is 7. The Morgan fingerprint density at radius 1 is 0.818 bits per heavy atom. The molecule has 1 fully saturated rings. The molecule has 0 bridgehead atoms. The molecule has 33 heavy (non-hydrogen) atoms. The number of rotatable bonds is 4. The van der Waals surface area contributed by atoms with E-state index in [1.165, 1.54) is 18.1 Å². The molecule has 0 heterocycles. The lowest BCUT2D eigenvalue weighted by Gasteiger charge is -2.31. The van der Waals surface area contributed by atoms with Gasteiger partial charge in [-0.05, 0) is 84.9 Å². The van der Waals surface area contributed by atoms with Crippen LogP contribution in [0.15, 0.2) is 24.3 Å². The molecule has 0 atom stereocenters. The minimum absolute atomic E-state index is 0.0792. The predicted molar refractivity (Wildman–Crippen MR) is 114 cm³/mol. The Hall–Kier alpha value is -2.75. The monoisotopic (exact) mass is 468 g/mol. The molecule has 1 aliphatic rings. The summed E-state index contributed by atoms with van der Waals surface area (Å²) in [6.07, 6.45) is 0.966. The van der Waals surface area contributed by atoms with Crippen LogP contribution in [0.5, 0.6) is 0 Å². The van der Waals surface area contributed by atoms with Crippen molar-refractivity contribution in [3.63, 3.8) is 0 Å². The molecule has 0 aromatic heterocycles. The van der Waals surface area contributed by atoms with Gasteiger partial charge in [0.2, 0.25) is 0 Å². The Morgan fingerprint density at radius 2 is 1.36 bits per heavy atom. The van der Waals surface area contributed by atoms with Crippen LogP contribution in [-0.4, -0.2) is 6.18 Å². The standard InChI is InChI=1S/C26H23F7/c1-15(2)17-4-6-18(7-5-17)19-13-24(29)20(25(30)14-19)8-3-16-11-22(27)21(23(28)12-16)9-10-26(31,32)33/h3,8,11-15,17-18H,4-7H2,1-2H3/b8-3+. The second-order valence-corrected chi connectivity index (χ2v) is 8.69. The lowest BCUT2D eigenvalue weighted by Crippen LogP contribution is -2.17. The highest BCUT2D eigenvalue weighted by molar-refractivity contribution is 5.71. The fourth-order valence-corrected chi connectivity index (χ4v) is 4.24. The predicted octanol–water partition coefficient (Wildman–Crippen LogP) is 8.26. The van der Waals surface area contributed by atoms with Gasteiger partial charge in [-0.15, -0.1) is 0 Å². The number of alkyl halides is 3. The van der Waals surface area contributed by atoms with Crippen molar-refractivity contribution in [3.8, 4) is 11.8 Å². The quantitative estimate of drug-likeness (QED) is 0.241. The van der Waals surface area contributed by atoms with Gasteiger partial charge < -0.3 is 0 Å². The molecule has 2 aromatic rings. The van der Waals surface area contributed by atoms with E-state index in [4.69, 9.17) is 0 Å². The summed E-state index contributed by atoms with van der Waals surface area (Å²) in [6.45, 7) is 4.35. The van der Waals surface area contributed by atoms with Crippen LogP contribution in [0.2, 0.25) is 0 Å². The van der Waals surface area contributed by atoms with Gasteiger partial charge in [-0.1, -0.05) is 25.8 Å². The van der Waals surface area contributed by atoms with Gasteiger partial charge in [-0.25, -0.2) is 17.6 Å². The molecular formula is C26H23F7. The fourth-order valence-electron chi connectivity index (χ4n) is 4.24. The summed E-state index contributed by atoms with van der Waals surface area (Å²) >= 11 is 0. The fraction of sp³-hybridized carbons (Fsp3) is 0.385. The van der Waals surface area contributed by atoms with Crippen LogP contribution in [0, 0.1) is 46.9 Å². The molecule has 3 rings (SSSR count). The first kappa shape index (κ1) is 24.9. The summed E-state index contributed by atoms with van der Waals surface area (Å²) < 4.78 is 93.8. The van der Waals surface area contributed by atoms with Crippen LogP contribution in [0.1, 0.15) is 67.7 Å². The molecule has 0 unspecified atom stereocenters. The van der Waals surface area contributed by atoms with Gasteiger partial charge in [0.25, 0.3) is 0 Å². The number of hydrogen-bond acceptors (Lipinski definition) is 0. The first-order valence-electron chi connectivity index (χ1n) is 10.7. The van der Waals surface area contributed by atoms with Crippen molar-refractivity contribution in [1.29, 1.82) is 0 Å². The normalized spacial score (nSPS) is 19.1. The van der Waals surface area contributed by atoms with Crippen molar-refractivity contribution in [2.75, 3.05) is 0 Å². The second kappa shape index (κ2) is 10.0. The van der Waals surface area contributed by atoms with Gasteiger partial charge >= 0.3 is 6.18 Å². The Bertz CT molecular complexity index is 1050.